The molecule has 0 amide bonds. The van der Waals surface area contributed by atoms with E-state index in [1.807, 2.05) is 12.1 Å². The van der Waals surface area contributed by atoms with E-state index in [1.165, 1.54) is 12.8 Å². The van der Waals surface area contributed by atoms with E-state index in [0.29, 0.717) is 29.2 Å². The van der Waals surface area contributed by atoms with Gasteiger partial charge in [0.2, 0.25) is 5.96 Å². The van der Waals surface area contributed by atoms with Gasteiger partial charge in [0.25, 0.3) is 10.0 Å². The van der Waals surface area contributed by atoms with Gasteiger partial charge in [-0.25, -0.2) is 17.7 Å². The number of aliphatic imine (C=N–C) groups is 1. The molecule has 2 fully saturated rings. The second-order valence-corrected chi connectivity index (χ2v) is 9.69. The molecule has 0 aromatic heterocycles. The fourth-order valence-electron chi connectivity index (χ4n) is 3.70. The van der Waals surface area contributed by atoms with E-state index in [2.05, 4.69) is 24.1 Å². The maximum absolute atomic E-state index is 13.4. The highest BCUT2D eigenvalue weighted by Gasteiger charge is 2.43. The van der Waals surface area contributed by atoms with E-state index in [4.69, 9.17) is 4.99 Å². The van der Waals surface area contributed by atoms with Gasteiger partial charge in [-0.05, 0) is 42.4 Å². The van der Waals surface area contributed by atoms with Gasteiger partial charge in [-0.3, -0.25) is 0 Å². The SMILES string of the molecule is CC(C)c1ccc(S(=O)(=O)N2CC(C3CC3)N=C2N2CCNCC2)cc1.Cl. The fraction of sp³-hybridized carbons (Fsp3) is 0.632. The molecule has 6 nitrogen and oxygen atoms in total. The van der Waals surface area contributed by atoms with Crippen molar-refractivity contribution < 1.29 is 8.42 Å². The summed E-state index contributed by atoms with van der Waals surface area (Å²) in [5.74, 6) is 1.59. The first-order valence-corrected chi connectivity index (χ1v) is 11.1. The number of hydrogen-bond acceptors (Lipinski definition) is 5. The minimum absolute atomic E-state index is 0. The summed E-state index contributed by atoms with van der Waals surface area (Å²) < 4.78 is 28.3. The number of guanidine groups is 1. The molecule has 2 heterocycles. The molecule has 1 aromatic rings. The van der Waals surface area contributed by atoms with Crippen LogP contribution in [0.1, 0.15) is 38.2 Å². The van der Waals surface area contributed by atoms with Crippen LogP contribution in [-0.4, -0.2) is 62.3 Å². The third-order valence-corrected chi connectivity index (χ3v) is 7.32. The Balaban J connectivity index is 0.00000210. The van der Waals surface area contributed by atoms with E-state index in [0.717, 1.165) is 31.7 Å². The molecule has 0 spiro atoms. The summed E-state index contributed by atoms with van der Waals surface area (Å²) in [6.07, 6.45) is 2.33. The summed E-state index contributed by atoms with van der Waals surface area (Å²) >= 11 is 0. The highest BCUT2D eigenvalue weighted by molar-refractivity contribution is 7.89. The number of hydrogen-bond donors (Lipinski definition) is 1. The summed E-state index contributed by atoms with van der Waals surface area (Å²) in [7, 11) is -3.58. The lowest BCUT2D eigenvalue weighted by atomic mass is 10.0. The van der Waals surface area contributed by atoms with Gasteiger partial charge >= 0.3 is 0 Å². The third kappa shape index (κ3) is 4.10. The van der Waals surface area contributed by atoms with Crippen molar-refractivity contribution in [1.82, 2.24) is 14.5 Å². The number of rotatable bonds is 4. The number of benzene rings is 1. The van der Waals surface area contributed by atoms with Gasteiger partial charge in [-0.1, -0.05) is 26.0 Å². The molecule has 3 aliphatic rings. The molecule has 1 saturated carbocycles. The lowest BCUT2D eigenvalue weighted by Gasteiger charge is -2.33. The lowest BCUT2D eigenvalue weighted by molar-refractivity contribution is 0.334. The Morgan fingerprint density at radius 1 is 1.11 bits per heavy atom. The van der Waals surface area contributed by atoms with Crippen LogP contribution >= 0.6 is 12.4 Å². The highest BCUT2D eigenvalue weighted by atomic mass is 35.5. The first-order chi connectivity index (χ1) is 12.5. The molecule has 1 N–H and O–H groups in total. The van der Waals surface area contributed by atoms with Gasteiger partial charge in [-0.15, -0.1) is 12.4 Å². The molecule has 4 rings (SSSR count). The van der Waals surface area contributed by atoms with E-state index in [9.17, 15) is 8.42 Å². The van der Waals surface area contributed by atoms with Crippen LogP contribution in [0.5, 0.6) is 0 Å². The Kier molecular flexibility index (Phi) is 6.03. The van der Waals surface area contributed by atoms with E-state index >= 15 is 0 Å². The van der Waals surface area contributed by atoms with Crippen LogP contribution in [0.2, 0.25) is 0 Å². The molecule has 1 unspecified atom stereocenters. The van der Waals surface area contributed by atoms with Crippen molar-refractivity contribution >= 4 is 28.4 Å². The number of sulfonamides is 1. The molecule has 1 atom stereocenters. The molecule has 27 heavy (non-hydrogen) atoms. The van der Waals surface area contributed by atoms with Crippen LogP contribution in [0, 0.1) is 5.92 Å². The quantitative estimate of drug-likeness (QED) is 0.823. The maximum Gasteiger partial charge on any atom is 0.266 e. The minimum atomic E-state index is -3.58. The van der Waals surface area contributed by atoms with Crippen LogP contribution in [0.15, 0.2) is 34.2 Å². The Morgan fingerprint density at radius 3 is 2.30 bits per heavy atom. The predicted molar refractivity (Wildman–Crippen MR) is 110 cm³/mol. The average Bonchev–Trinajstić information content (AvgIpc) is 3.40. The first-order valence-electron chi connectivity index (χ1n) is 9.63. The van der Waals surface area contributed by atoms with Crippen molar-refractivity contribution in [3.8, 4) is 0 Å². The zero-order chi connectivity index (χ0) is 18.3. The van der Waals surface area contributed by atoms with Gasteiger partial charge in [-0.2, -0.15) is 0 Å². The maximum atomic E-state index is 13.4. The number of halogens is 1. The number of nitrogens with one attached hydrogen (secondary N) is 1. The zero-order valence-electron chi connectivity index (χ0n) is 16.0. The zero-order valence-corrected chi connectivity index (χ0v) is 17.6. The number of piperazine rings is 1. The Morgan fingerprint density at radius 2 is 1.74 bits per heavy atom. The summed E-state index contributed by atoms with van der Waals surface area (Å²) in [5.41, 5.74) is 1.15. The van der Waals surface area contributed by atoms with Gasteiger partial charge in [0.05, 0.1) is 17.5 Å². The standard InChI is InChI=1S/C19H28N4O2S.ClH/c1-14(2)15-5-7-17(8-6-15)26(24,25)23-13-18(16-3-4-16)21-19(23)22-11-9-20-10-12-22;/h5-8,14,16,18,20H,3-4,9-13H2,1-2H3;1H. The average molecular weight is 413 g/mol. The van der Waals surface area contributed by atoms with Crippen LogP contribution in [-0.2, 0) is 10.0 Å². The van der Waals surface area contributed by atoms with Crippen LogP contribution in [0.25, 0.3) is 0 Å². The molecule has 1 saturated heterocycles. The second kappa shape index (κ2) is 7.97. The predicted octanol–water partition coefficient (Wildman–Crippen LogP) is 2.28. The van der Waals surface area contributed by atoms with Gasteiger partial charge in [0.15, 0.2) is 0 Å². The van der Waals surface area contributed by atoms with Gasteiger partial charge in [0.1, 0.15) is 0 Å². The Labute approximate surface area is 168 Å². The largest absolute Gasteiger partial charge is 0.339 e. The molecule has 1 aliphatic carbocycles. The smallest absolute Gasteiger partial charge is 0.266 e. The molecule has 2 aliphatic heterocycles. The molecule has 0 bridgehead atoms. The fourth-order valence-corrected chi connectivity index (χ4v) is 5.16. The monoisotopic (exact) mass is 412 g/mol. The topological polar surface area (TPSA) is 65.0 Å². The van der Waals surface area contributed by atoms with E-state index < -0.39 is 10.0 Å². The normalized spacial score (nSPS) is 23.4. The van der Waals surface area contributed by atoms with Crippen molar-refractivity contribution in [1.29, 1.82) is 0 Å². The second-order valence-electron chi connectivity index (χ2n) is 7.83. The molecule has 1 aromatic carbocycles. The van der Waals surface area contributed by atoms with E-state index in [-0.39, 0.29) is 18.4 Å². The summed E-state index contributed by atoms with van der Waals surface area (Å²) in [5, 5.41) is 3.32. The van der Waals surface area contributed by atoms with Crippen molar-refractivity contribution in [2.45, 2.75) is 43.5 Å². The molecular formula is C19H29ClN4O2S. The van der Waals surface area contributed by atoms with Crippen LogP contribution < -0.4 is 5.32 Å². The molecule has 150 valence electrons. The van der Waals surface area contributed by atoms with Crippen molar-refractivity contribution in [2.75, 3.05) is 32.7 Å². The van der Waals surface area contributed by atoms with Gasteiger partial charge in [0, 0.05) is 26.2 Å². The summed E-state index contributed by atoms with van der Waals surface area (Å²) in [6.45, 7) is 8.04. The van der Waals surface area contributed by atoms with Crippen molar-refractivity contribution in [3.63, 3.8) is 0 Å². The highest BCUT2D eigenvalue weighted by Crippen LogP contribution is 2.38. The summed E-state index contributed by atoms with van der Waals surface area (Å²) in [4.78, 5) is 7.34. The van der Waals surface area contributed by atoms with Crippen LogP contribution in [0.3, 0.4) is 0 Å². The third-order valence-electron chi connectivity index (χ3n) is 5.56. The summed E-state index contributed by atoms with van der Waals surface area (Å²) in [6, 6.07) is 7.44. The Hall–Kier alpha value is -1.31. The van der Waals surface area contributed by atoms with Crippen LogP contribution in [0.4, 0.5) is 0 Å². The minimum Gasteiger partial charge on any atom is -0.339 e. The van der Waals surface area contributed by atoms with E-state index in [1.54, 1.807) is 16.4 Å². The lowest BCUT2D eigenvalue weighted by Crippen LogP contribution is -2.52. The molecular weight excluding hydrogens is 384 g/mol. The Bertz CT molecular complexity index is 784. The van der Waals surface area contributed by atoms with Crippen molar-refractivity contribution in [2.24, 2.45) is 10.9 Å². The van der Waals surface area contributed by atoms with Crippen molar-refractivity contribution in [3.05, 3.63) is 29.8 Å². The first kappa shape index (κ1) is 20.4. The molecule has 0 radical (unpaired) electrons. The number of nitrogens with zero attached hydrogens (tertiary/aromatic N) is 3. The van der Waals surface area contributed by atoms with Gasteiger partial charge < -0.3 is 10.2 Å². The molecule has 8 heteroatoms.